The highest BCUT2D eigenvalue weighted by atomic mass is 32.1. The Hall–Kier alpha value is -1.87. The molecule has 0 aliphatic heterocycles. The van der Waals surface area contributed by atoms with Crippen LogP contribution in [0.4, 0.5) is 5.69 Å². The molecule has 1 atom stereocenters. The molecule has 2 heterocycles. The van der Waals surface area contributed by atoms with E-state index in [0.29, 0.717) is 0 Å². The number of hydrogen-bond acceptors (Lipinski definition) is 3. The van der Waals surface area contributed by atoms with Gasteiger partial charge >= 0.3 is 0 Å². The van der Waals surface area contributed by atoms with E-state index in [2.05, 4.69) is 65.9 Å². The summed E-state index contributed by atoms with van der Waals surface area (Å²) in [5.74, 6) is 0. The van der Waals surface area contributed by atoms with Gasteiger partial charge in [-0.15, -0.1) is 11.3 Å². The van der Waals surface area contributed by atoms with Crippen molar-refractivity contribution < 1.29 is 0 Å². The van der Waals surface area contributed by atoms with Crippen molar-refractivity contribution in [1.82, 2.24) is 4.98 Å². The van der Waals surface area contributed by atoms with Crippen LogP contribution >= 0.6 is 11.3 Å². The third kappa shape index (κ3) is 2.61. The van der Waals surface area contributed by atoms with Crippen molar-refractivity contribution >= 4 is 27.2 Å². The Labute approximate surface area is 117 Å². The first-order chi connectivity index (χ1) is 9.22. The second-order valence-corrected chi connectivity index (χ2v) is 5.76. The molecule has 2 nitrogen and oxygen atoms in total. The average molecular weight is 268 g/mol. The van der Waals surface area contributed by atoms with Gasteiger partial charge in [-0.05, 0) is 54.6 Å². The van der Waals surface area contributed by atoms with Gasteiger partial charge in [0.1, 0.15) is 0 Å². The van der Waals surface area contributed by atoms with Crippen molar-refractivity contribution in [2.75, 3.05) is 5.32 Å². The first-order valence-corrected chi connectivity index (χ1v) is 7.27. The zero-order valence-electron chi connectivity index (χ0n) is 11.1. The number of thiophene rings is 1. The van der Waals surface area contributed by atoms with Gasteiger partial charge in [-0.25, -0.2) is 0 Å². The molecule has 1 unspecified atom stereocenters. The van der Waals surface area contributed by atoms with E-state index in [1.54, 1.807) is 11.3 Å². The Morgan fingerprint density at radius 2 is 2.11 bits per heavy atom. The number of aromatic nitrogens is 1. The molecule has 0 saturated carbocycles. The first-order valence-electron chi connectivity index (χ1n) is 6.39. The molecule has 0 amide bonds. The molecular weight excluding hydrogens is 252 g/mol. The number of anilines is 1. The van der Waals surface area contributed by atoms with E-state index in [9.17, 15) is 0 Å². The van der Waals surface area contributed by atoms with Crippen molar-refractivity contribution in [2.45, 2.75) is 19.9 Å². The number of fused-ring (bicyclic) bond motifs is 1. The van der Waals surface area contributed by atoms with Crippen LogP contribution in [0.5, 0.6) is 0 Å². The zero-order valence-corrected chi connectivity index (χ0v) is 11.9. The summed E-state index contributed by atoms with van der Waals surface area (Å²) in [5.41, 5.74) is 4.72. The fourth-order valence-electron chi connectivity index (χ4n) is 2.17. The lowest BCUT2D eigenvalue weighted by atomic mass is 10.1. The van der Waals surface area contributed by atoms with Gasteiger partial charge in [-0.2, -0.15) is 0 Å². The summed E-state index contributed by atoms with van der Waals surface area (Å²) in [6, 6.07) is 13.0. The summed E-state index contributed by atoms with van der Waals surface area (Å²) in [6.07, 6.45) is 1.96. The SMILES string of the molecule is Cc1cccc(NC(C)c2cnc3ccsc3c2)c1. The molecule has 0 bridgehead atoms. The highest BCUT2D eigenvalue weighted by molar-refractivity contribution is 7.17. The average Bonchev–Trinajstić information content (AvgIpc) is 2.85. The lowest BCUT2D eigenvalue weighted by Gasteiger charge is -2.15. The minimum Gasteiger partial charge on any atom is -0.378 e. The molecule has 1 aromatic carbocycles. The smallest absolute Gasteiger partial charge is 0.0809 e. The quantitative estimate of drug-likeness (QED) is 0.739. The molecule has 96 valence electrons. The first kappa shape index (κ1) is 12.2. The Morgan fingerprint density at radius 1 is 1.21 bits per heavy atom. The maximum Gasteiger partial charge on any atom is 0.0809 e. The Morgan fingerprint density at radius 3 is 2.95 bits per heavy atom. The van der Waals surface area contributed by atoms with E-state index in [1.165, 1.54) is 15.8 Å². The maximum atomic E-state index is 4.49. The molecule has 0 saturated heterocycles. The molecule has 0 fully saturated rings. The van der Waals surface area contributed by atoms with Gasteiger partial charge in [0.25, 0.3) is 0 Å². The predicted octanol–water partition coefficient (Wildman–Crippen LogP) is 4.78. The van der Waals surface area contributed by atoms with Crippen LogP contribution in [-0.4, -0.2) is 4.98 Å². The van der Waals surface area contributed by atoms with Gasteiger partial charge in [0.2, 0.25) is 0 Å². The molecule has 3 rings (SSSR count). The van der Waals surface area contributed by atoms with E-state index in [4.69, 9.17) is 0 Å². The van der Waals surface area contributed by atoms with Gasteiger partial charge in [-0.3, -0.25) is 4.98 Å². The highest BCUT2D eigenvalue weighted by Crippen LogP contribution is 2.25. The summed E-state index contributed by atoms with van der Waals surface area (Å²) < 4.78 is 1.25. The number of pyridine rings is 1. The zero-order chi connectivity index (χ0) is 13.2. The van der Waals surface area contributed by atoms with Crippen LogP contribution in [0.3, 0.4) is 0 Å². The molecule has 3 aromatic rings. The fraction of sp³-hybridized carbons (Fsp3) is 0.188. The topological polar surface area (TPSA) is 24.9 Å². The van der Waals surface area contributed by atoms with E-state index >= 15 is 0 Å². The van der Waals surface area contributed by atoms with Gasteiger partial charge in [-0.1, -0.05) is 12.1 Å². The van der Waals surface area contributed by atoms with Crippen LogP contribution in [0.1, 0.15) is 24.1 Å². The van der Waals surface area contributed by atoms with Crippen LogP contribution in [0.15, 0.2) is 48.0 Å². The number of nitrogens with zero attached hydrogens (tertiary/aromatic N) is 1. The van der Waals surface area contributed by atoms with Crippen LogP contribution in [0.25, 0.3) is 10.2 Å². The monoisotopic (exact) mass is 268 g/mol. The second kappa shape index (κ2) is 5.02. The number of hydrogen-bond donors (Lipinski definition) is 1. The van der Waals surface area contributed by atoms with Crippen LogP contribution in [-0.2, 0) is 0 Å². The molecule has 2 aromatic heterocycles. The third-order valence-corrected chi connectivity index (χ3v) is 4.08. The summed E-state index contributed by atoms with van der Waals surface area (Å²) in [5, 5.41) is 5.60. The Balaban J connectivity index is 1.84. The van der Waals surface area contributed by atoms with Crippen molar-refractivity contribution in [3.8, 4) is 0 Å². The Bertz CT molecular complexity index is 703. The van der Waals surface area contributed by atoms with Crippen molar-refractivity contribution in [3.05, 3.63) is 59.1 Å². The minimum absolute atomic E-state index is 0.251. The summed E-state index contributed by atoms with van der Waals surface area (Å²) in [4.78, 5) is 4.49. The van der Waals surface area contributed by atoms with Gasteiger partial charge in [0.05, 0.1) is 16.3 Å². The van der Waals surface area contributed by atoms with Crippen LogP contribution in [0, 0.1) is 6.92 Å². The normalized spacial score (nSPS) is 12.5. The number of benzene rings is 1. The summed E-state index contributed by atoms with van der Waals surface area (Å²) >= 11 is 1.74. The molecule has 0 radical (unpaired) electrons. The fourth-order valence-corrected chi connectivity index (χ4v) is 2.96. The molecule has 3 heteroatoms. The lowest BCUT2D eigenvalue weighted by Crippen LogP contribution is -2.06. The molecule has 0 aliphatic rings. The molecular formula is C16H16N2S. The van der Waals surface area contributed by atoms with Gasteiger partial charge in [0, 0.05) is 11.9 Å². The lowest BCUT2D eigenvalue weighted by molar-refractivity contribution is 0.880. The largest absolute Gasteiger partial charge is 0.378 e. The third-order valence-electron chi connectivity index (χ3n) is 3.23. The molecule has 19 heavy (non-hydrogen) atoms. The maximum absolute atomic E-state index is 4.49. The predicted molar refractivity (Wildman–Crippen MR) is 82.8 cm³/mol. The van der Waals surface area contributed by atoms with Gasteiger partial charge in [0.15, 0.2) is 0 Å². The minimum atomic E-state index is 0.251. The standard InChI is InChI=1S/C16H16N2S/c1-11-4-3-5-14(8-11)18-12(2)13-9-16-15(17-10-13)6-7-19-16/h3-10,12,18H,1-2H3. The second-order valence-electron chi connectivity index (χ2n) is 4.81. The molecule has 1 N–H and O–H groups in total. The van der Waals surface area contributed by atoms with E-state index < -0.39 is 0 Å². The Kier molecular flexibility index (Phi) is 3.22. The number of nitrogens with one attached hydrogen (secondary N) is 1. The van der Waals surface area contributed by atoms with E-state index in [0.717, 1.165) is 11.2 Å². The molecule has 0 spiro atoms. The van der Waals surface area contributed by atoms with E-state index in [1.807, 2.05) is 6.20 Å². The van der Waals surface area contributed by atoms with Crippen LogP contribution in [0.2, 0.25) is 0 Å². The van der Waals surface area contributed by atoms with Crippen LogP contribution < -0.4 is 5.32 Å². The molecule has 0 aliphatic carbocycles. The number of rotatable bonds is 3. The van der Waals surface area contributed by atoms with Gasteiger partial charge < -0.3 is 5.32 Å². The van der Waals surface area contributed by atoms with Crippen molar-refractivity contribution in [2.24, 2.45) is 0 Å². The summed E-state index contributed by atoms with van der Waals surface area (Å²) in [7, 11) is 0. The number of aryl methyl sites for hydroxylation is 1. The van der Waals surface area contributed by atoms with Crippen molar-refractivity contribution in [3.63, 3.8) is 0 Å². The van der Waals surface area contributed by atoms with Crippen molar-refractivity contribution in [1.29, 1.82) is 0 Å². The summed E-state index contributed by atoms with van der Waals surface area (Å²) in [6.45, 7) is 4.27. The van der Waals surface area contributed by atoms with E-state index in [-0.39, 0.29) is 6.04 Å². The highest BCUT2D eigenvalue weighted by Gasteiger charge is 2.07.